The van der Waals surface area contributed by atoms with E-state index in [9.17, 15) is 4.79 Å². The van der Waals surface area contributed by atoms with Crippen molar-refractivity contribution in [3.05, 3.63) is 75.8 Å². The van der Waals surface area contributed by atoms with Crippen LogP contribution in [0.3, 0.4) is 0 Å². The average Bonchev–Trinajstić information content (AvgIpc) is 3.11. The highest BCUT2D eigenvalue weighted by molar-refractivity contribution is 9.10. The van der Waals surface area contributed by atoms with Crippen LogP contribution in [0.5, 0.6) is 0 Å². The van der Waals surface area contributed by atoms with Crippen LogP contribution in [-0.4, -0.2) is 12.6 Å². The van der Waals surface area contributed by atoms with Crippen molar-refractivity contribution in [1.82, 2.24) is 0 Å². The van der Waals surface area contributed by atoms with Gasteiger partial charge >= 0.3 is 5.97 Å². The Bertz CT molecular complexity index is 846. The molecule has 0 unspecified atom stereocenters. The van der Waals surface area contributed by atoms with Gasteiger partial charge < -0.3 is 10.1 Å². The molecule has 0 radical (unpaired) electrons. The second-order valence-corrected chi connectivity index (χ2v) is 7.37. The third-order valence-corrected chi connectivity index (χ3v) is 5.84. The summed E-state index contributed by atoms with van der Waals surface area (Å²) in [4.78, 5) is 12.1. The lowest BCUT2D eigenvalue weighted by Gasteiger charge is -2.38. The van der Waals surface area contributed by atoms with Gasteiger partial charge in [0.1, 0.15) is 0 Å². The van der Waals surface area contributed by atoms with Gasteiger partial charge in [0.25, 0.3) is 0 Å². The van der Waals surface area contributed by atoms with Crippen LogP contribution in [0.25, 0.3) is 0 Å². The lowest BCUT2D eigenvalue weighted by Crippen LogP contribution is -2.29. The summed E-state index contributed by atoms with van der Waals surface area (Å²) < 4.78 is 6.28. The Balaban J connectivity index is 1.74. The molecular weight excluding hydrogens is 378 g/mol. The summed E-state index contributed by atoms with van der Waals surface area (Å²) in [6, 6.07) is 14.5. The zero-order chi connectivity index (χ0) is 17.4. The minimum absolute atomic E-state index is 0.247. The average molecular weight is 398 g/mol. The number of esters is 1. The van der Waals surface area contributed by atoms with Crippen LogP contribution in [-0.2, 0) is 4.74 Å². The highest BCUT2D eigenvalue weighted by atomic mass is 79.9. The van der Waals surface area contributed by atoms with Gasteiger partial charge in [0.2, 0.25) is 0 Å². The fourth-order valence-corrected chi connectivity index (χ4v) is 4.50. The topological polar surface area (TPSA) is 38.3 Å². The Morgan fingerprint density at radius 3 is 2.88 bits per heavy atom. The summed E-state index contributed by atoms with van der Waals surface area (Å²) in [5, 5.41) is 3.70. The fourth-order valence-electron chi connectivity index (χ4n) is 3.97. The van der Waals surface area contributed by atoms with Crippen LogP contribution < -0.4 is 5.32 Å². The van der Waals surface area contributed by atoms with Gasteiger partial charge in [-0.15, -0.1) is 0 Å². The maximum absolute atomic E-state index is 12.1. The largest absolute Gasteiger partial charge is 0.462 e. The maximum atomic E-state index is 12.1. The van der Waals surface area contributed by atoms with Crippen molar-refractivity contribution in [3.8, 4) is 0 Å². The summed E-state index contributed by atoms with van der Waals surface area (Å²) in [6.45, 7) is 2.22. The third-order valence-electron chi connectivity index (χ3n) is 5.11. The fraction of sp³-hybridized carbons (Fsp3) is 0.286. The van der Waals surface area contributed by atoms with Crippen LogP contribution in [0.2, 0.25) is 0 Å². The first-order chi connectivity index (χ1) is 12.2. The molecule has 0 bridgehead atoms. The molecule has 0 spiro atoms. The second-order valence-electron chi connectivity index (χ2n) is 6.52. The molecule has 0 saturated carbocycles. The lowest BCUT2D eigenvalue weighted by molar-refractivity contribution is 0.0526. The molecule has 1 aliphatic carbocycles. The molecule has 2 aliphatic rings. The monoisotopic (exact) mass is 397 g/mol. The van der Waals surface area contributed by atoms with E-state index in [1.54, 1.807) is 0 Å². The lowest BCUT2D eigenvalue weighted by atomic mass is 9.76. The van der Waals surface area contributed by atoms with Crippen molar-refractivity contribution in [3.63, 3.8) is 0 Å². The molecule has 4 heteroatoms. The minimum atomic E-state index is -0.253. The van der Waals surface area contributed by atoms with Crippen LogP contribution in [0.4, 0.5) is 5.69 Å². The van der Waals surface area contributed by atoms with Crippen molar-refractivity contribution < 1.29 is 9.53 Å². The SMILES string of the molecule is CCOC(=O)c1ccc2c(c1)[C@H]1C=CC[C@H]1[C@@H](c1ccccc1Br)N2. The van der Waals surface area contributed by atoms with E-state index >= 15 is 0 Å². The molecule has 1 N–H and O–H groups in total. The zero-order valence-electron chi connectivity index (χ0n) is 14.0. The van der Waals surface area contributed by atoms with E-state index in [0.29, 0.717) is 24.0 Å². The van der Waals surface area contributed by atoms with E-state index in [1.807, 2.05) is 31.2 Å². The number of anilines is 1. The van der Waals surface area contributed by atoms with Crippen molar-refractivity contribution in [1.29, 1.82) is 0 Å². The number of allylic oxidation sites excluding steroid dienone is 2. The van der Waals surface area contributed by atoms with Gasteiger partial charge in [0.15, 0.2) is 0 Å². The molecule has 0 saturated heterocycles. The smallest absolute Gasteiger partial charge is 0.338 e. The number of carbonyl (C=O) groups excluding carboxylic acids is 1. The molecule has 3 atom stereocenters. The molecule has 1 heterocycles. The number of nitrogens with one attached hydrogen (secondary N) is 1. The summed E-state index contributed by atoms with van der Waals surface area (Å²) in [7, 11) is 0. The first kappa shape index (κ1) is 16.4. The number of ether oxygens (including phenoxy) is 1. The van der Waals surface area contributed by atoms with Crippen LogP contribution in [0.1, 0.15) is 46.8 Å². The highest BCUT2D eigenvalue weighted by Crippen LogP contribution is 2.50. The molecule has 0 fully saturated rings. The van der Waals surface area contributed by atoms with E-state index in [4.69, 9.17) is 4.74 Å². The normalized spacial score (nSPS) is 23.5. The molecule has 3 nitrogen and oxygen atoms in total. The highest BCUT2D eigenvalue weighted by Gasteiger charge is 2.38. The Hall–Kier alpha value is -2.07. The van der Waals surface area contributed by atoms with E-state index in [2.05, 4.69) is 51.6 Å². The van der Waals surface area contributed by atoms with Gasteiger partial charge in [-0.25, -0.2) is 4.79 Å². The van der Waals surface area contributed by atoms with E-state index in [0.717, 1.165) is 16.6 Å². The van der Waals surface area contributed by atoms with Gasteiger partial charge in [-0.3, -0.25) is 0 Å². The molecular formula is C21H20BrNO2. The number of hydrogen-bond donors (Lipinski definition) is 1. The van der Waals surface area contributed by atoms with E-state index in [-0.39, 0.29) is 12.0 Å². The molecule has 25 heavy (non-hydrogen) atoms. The Kier molecular flexibility index (Phi) is 4.38. The van der Waals surface area contributed by atoms with Crippen molar-refractivity contribution in [2.45, 2.75) is 25.3 Å². The summed E-state index contributed by atoms with van der Waals surface area (Å²) in [5.41, 5.74) is 4.19. The number of halogens is 1. The second kappa shape index (κ2) is 6.68. The Morgan fingerprint density at radius 1 is 1.24 bits per heavy atom. The van der Waals surface area contributed by atoms with E-state index in [1.165, 1.54) is 11.1 Å². The molecule has 128 valence electrons. The number of rotatable bonds is 3. The van der Waals surface area contributed by atoms with Crippen molar-refractivity contribution in [2.75, 3.05) is 11.9 Å². The maximum Gasteiger partial charge on any atom is 0.338 e. The van der Waals surface area contributed by atoms with Gasteiger partial charge in [0.05, 0.1) is 18.2 Å². The van der Waals surface area contributed by atoms with Crippen molar-refractivity contribution >= 4 is 27.6 Å². The van der Waals surface area contributed by atoms with Gasteiger partial charge in [-0.1, -0.05) is 46.3 Å². The van der Waals surface area contributed by atoms with Crippen LogP contribution in [0, 0.1) is 5.92 Å². The van der Waals surface area contributed by atoms with Gasteiger partial charge in [0, 0.05) is 16.1 Å². The number of carbonyl (C=O) groups is 1. The number of hydrogen-bond acceptors (Lipinski definition) is 3. The number of fused-ring (bicyclic) bond motifs is 3. The number of benzene rings is 2. The molecule has 2 aromatic rings. The molecule has 4 rings (SSSR count). The quantitative estimate of drug-likeness (QED) is 0.552. The summed E-state index contributed by atoms with van der Waals surface area (Å²) >= 11 is 3.70. The van der Waals surface area contributed by atoms with Crippen LogP contribution >= 0.6 is 15.9 Å². The first-order valence-electron chi connectivity index (χ1n) is 8.67. The Labute approximate surface area is 156 Å². The molecule has 0 aromatic heterocycles. The Morgan fingerprint density at radius 2 is 2.08 bits per heavy atom. The van der Waals surface area contributed by atoms with Gasteiger partial charge in [-0.2, -0.15) is 0 Å². The summed E-state index contributed by atoms with van der Waals surface area (Å²) in [6.07, 6.45) is 5.57. The molecule has 0 amide bonds. The van der Waals surface area contributed by atoms with Gasteiger partial charge in [-0.05, 0) is 54.7 Å². The zero-order valence-corrected chi connectivity index (χ0v) is 15.6. The standard InChI is InChI=1S/C21H20BrNO2/c1-2-25-21(24)13-10-11-19-17(12-13)14-7-5-8-15(14)20(23-19)16-6-3-4-9-18(16)22/h3-7,9-12,14-15,20,23H,2,8H2,1H3/t14-,15+,20-/m0/s1. The molecule has 2 aromatic carbocycles. The third kappa shape index (κ3) is 2.89. The predicted molar refractivity (Wildman–Crippen MR) is 103 cm³/mol. The molecule has 1 aliphatic heterocycles. The minimum Gasteiger partial charge on any atom is -0.462 e. The predicted octanol–water partition coefficient (Wildman–Crippen LogP) is 5.45. The van der Waals surface area contributed by atoms with Crippen LogP contribution in [0.15, 0.2) is 59.1 Å². The first-order valence-corrected chi connectivity index (χ1v) is 9.47. The van der Waals surface area contributed by atoms with E-state index < -0.39 is 0 Å². The van der Waals surface area contributed by atoms with Crippen molar-refractivity contribution in [2.24, 2.45) is 5.92 Å². The summed E-state index contributed by atoms with van der Waals surface area (Å²) in [5.74, 6) is 0.517.